The third kappa shape index (κ3) is 4.17. The van der Waals surface area contributed by atoms with Gasteiger partial charge in [-0.25, -0.2) is 0 Å². The van der Waals surface area contributed by atoms with Crippen LogP contribution in [0.5, 0.6) is 0 Å². The number of carbonyl (C=O) groups is 1. The highest BCUT2D eigenvalue weighted by Crippen LogP contribution is 2.42. The first-order chi connectivity index (χ1) is 15.7. The minimum absolute atomic E-state index is 0.115. The van der Waals surface area contributed by atoms with Crippen molar-refractivity contribution >= 4 is 34.0 Å². The van der Waals surface area contributed by atoms with Crippen molar-refractivity contribution in [1.29, 1.82) is 5.26 Å². The number of aryl methyl sites for hydroxylation is 1. The Morgan fingerprint density at radius 3 is 2.91 bits per heavy atom. The molecule has 0 bridgehead atoms. The molecule has 5 rings (SSSR count). The summed E-state index contributed by atoms with van der Waals surface area (Å²) in [5.74, 6) is 0.681. The molecule has 32 heavy (non-hydrogen) atoms. The van der Waals surface area contributed by atoms with Crippen LogP contribution in [-0.4, -0.2) is 30.9 Å². The van der Waals surface area contributed by atoms with Gasteiger partial charge in [0.1, 0.15) is 11.1 Å². The van der Waals surface area contributed by atoms with Gasteiger partial charge in [-0.3, -0.25) is 14.3 Å². The number of nitriles is 1. The lowest BCUT2D eigenvalue weighted by Crippen LogP contribution is -2.23. The van der Waals surface area contributed by atoms with Crippen molar-refractivity contribution in [3.63, 3.8) is 0 Å². The van der Waals surface area contributed by atoms with E-state index in [4.69, 9.17) is 0 Å². The lowest BCUT2D eigenvalue weighted by atomic mass is 10.1. The predicted molar refractivity (Wildman–Crippen MR) is 126 cm³/mol. The zero-order chi connectivity index (χ0) is 22.1. The number of carbonyl (C=O) groups excluding carboxylic acids is 1. The van der Waals surface area contributed by atoms with Crippen molar-refractivity contribution in [3.8, 4) is 17.5 Å². The van der Waals surface area contributed by atoms with Crippen molar-refractivity contribution in [2.24, 2.45) is 0 Å². The number of hydrogen-bond donors (Lipinski definition) is 1. The van der Waals surface area contributed by atoms with E-state index in [9.17, 15) is 10.1 Å². The second-order valence-electron chi connectivity index (χ2n) is 8.28. The third-order valence-electron chi connectivity index (χ3n) is 5.92. The number of anilines is 1. The minimum atomic E-state index is -0.369. The largest absolute Gasteiger partial charge is 0.316 e. The molecule has 1 saturated carbocycles. The van der Waals surface area contributed by atoms with Gasteiger partial charge in [-0.1, -0.05) is 18.2 Å². The van der Waals surface area contributed by atoms with Gasteiger partial charge in [-0.15, -0.1) is 21.5 Å². The lowest BCUT2D eigenvalue weighted by Gasteiger charge is -2.13. The van der Waals surface area contributed by atoms with E-state index in [1.165, 1.54) is 23.1 Å². The van der Waals surface area contributed by atoms with E-state index in [-0.39, 0.29) is 11.2 Å². The molecule has 2 aliphatic rings. The molecule has 3 aromatic rings. The summed E-state index contributed by atoms with van der Waals surface area (Å²) in [7, 11) is 0. The fourth-order valence-electron chi connectivity index (χ4n) is 4.09. The number of nitrogens with zero attached hydrogens (tertiary/aromatic N) is 5. The van der Waals surface area contributed by atoms with Crippen LogP contribution in [-0.2, 0) is 17.6 Å². The fraction of sp³-hybridized carbons (Fsp3) is 0.435. The van der Waals surface area contributed by atoms with Crippen LogP contribution in [0.2, 0.25) is 0 Å². The normalized spacial score (nSPS) is 16.6. The van der Waals surface area contributed by atoms with Gasteiger partial charge in [-0.05, 0) is 63.1 Å². The number of hydrogen-bond acceptors (Lipinski definition) is 7. The number of thiophene rings is 1. The first kappa shape index (κ1) is 21.2. The molecule has 2 aliphatic carbocycles. The number of rotatable bonds is 6. The Kier molecular flexibility index (Phi) is 5.98. The van der Waals surface area contributed by atoms with Crippen LogP contribution in [0, 0.1) is 11.3 Å². The van der Waals surface area contributed by atoms with E-state index in [1.54, 1.807) is 23.7 Å². The summed E-state index contributed by atoms with van der Waals surface area (Å²) in [5, 5.41) is 22.6. The topological polar surface area (TPSA) is 96.5 Å². The van der Waals surface area contributed by atoms with Crippen molar-refractivity contribution in [2.75, 3.05) is 5.32 Å². The van der Waals surface area contributed by atoms with Crippen LogP contribution in [0.15, 0.2) is 29.7 Å². The number of nitrogens with one attached hydrogen (secondary N) is 1. The molecule has 1 N–H and O–H groups in total. The second kappa shape index (κ2) is 9.04. The quantitative estimate of drug-likeness (QED) is 0.407. The number of thioether (sulfide) groups is 1. The van der Waals surface area contributed by atoms with E-state index >= 15 is 0 Å². The average molecular weight is 465 g/mol. The maximum absolute atomic E-state index is 13.0. The van der Waals surface area contributed by atoms with Gasteiger partial charge < -0.3 is 5.32 Å². The molecule has 1 atom stereocenters. The Morgan fingerprint density at radius 1 is 1.31 bits per heavy atom. The monoisotopic (exact) mass is 464 g/mol. The maximum atomic E-state index is 13.0. The third-order valence-corrected chi connectivity index (χ3v) is 8.18. The molecule has 9 heteroatoms. The van der Waals surface area contributed by atoms with Gasteiger partial charge in [-0.2, -0.15) is 5.26 Å². The first-order valence-electron chi connectivity index (χ1n) is 11.0. The summed E-state index contributed by atoms with van der Waals surface area (Å²) in [4.78, 5) is 18.5. The highest BCUT2D eigenvalue weighted by Gasteiger charge is 2.32. The number of pyridine rings is 1. The summed E-state index contributed by atoms with van der Waals surface area (Å²) in [6, 6.07) is 6.57. The smallest absolute Gasteiger partial charge is 0.238 e. The molecule has 0 radical (unpaired) electrons. The number of fused-ring (bicyclic) bond motifs is 1. The number of amides is 1. The zero-order valence-electron chi connectivity index (χ0n) is 17.9. The van der Waals surface area contributed by atoms with Gasteiger partial charge in [0.05, 0.1) is 10.8 Å². The van der Waals surface area contributed by atoms with Gasteiger partial charge in [0.15, 0.2) is 11.0 Å². The molecule has 3 heterocycles. The van der Waals surface area contributed by atoms with E-state index in [0.29, 0.717) is 16.6 Å². The highest BCUT2D eigenvalue weighted by atomic mass is 32.2. The summed E-state index contributed by atoms with van der Waals surface area (Å²) < 4.78 is 2.14. The van der Waals surface area contributed by atoms with Crippen LogP contribution >= 0.6 is 23.1 Å². The van der Waals surface area contributed by atoms with Crippen molar-refractivity contribution in [2.45, 2.75) is 68.3 Å². The number of aromatic nitrogens is 4. The molecule has 0 saturated heterocycles. The summed E-state index contributed by atoms with van der Waals surface area (Å²) in [6.45, 7) is 1.88. The van der Waals surface area contributed by atoms with E-state index in [1.807, 2.05) is 19.1 Å². The average Bonchev–Trinajstić information content (AvgIpc) is 3.54. The highest BCUT2D eigenvalue weighted by molar-refractivity contribution is 8.00. The summed E-state index contributed by atoms with van der Waals surface area (Å²) in [6.07, 6.45) is 11.1. The molecule has 0 spiro atoms. The fourth-order valence-corrected chi connectivity index (χ4v) is 6.25. The van der Waals surface area contributed by atoms with Crippen molar-refractivity contribution in [3.05, 3.63) is 40.5 Å². The van der Waals surface area contributed by atoms with E-state index in [0.717, 1.165) is 60.6 Å². The van der Waals surface area contributed by atoms with Gasteiger partial charge in [0, 0.05) is 28.9 Å². The van der Waals surface area contributed by atoms with Crippen molar-refractivity contribution in [1.82, 2.24) is 19.7 Å². The SMILES string of the molecule is C[C@@H](Sc1nnc(-c2cccnc2)n1C1CC1)C(=O)Nc1sc2c(c1C#N)CCCCC2. The van der Waals surface area contributed by atoms with Crippen LogP contribution in [0.25, 0.3) is 11.4 Å². The lowest BCUT2D eigenvalue weighted by molar-refractivity contribution is -0.115. The van der Waals surface area contributed by atoms with Crippen LogP contribution in [0.1, 0.15) is 61.1 Å². The second-order valence-corrected chi connectivity index (χ2v) is 10.7. The predicted octanol–water partition coefficient (Wildman–Crippen LogP) is 5.00. The van der Waals surface area contributed by atoms with Crippen LogP contribution in [0.4, 0.5) is 5.00 Å². The van der Waals surface area contributed by atoms with E-state index in [2.05, 4.69) is 31.1 Å². The van der Waals surface area contributed by atoms with Crippen LogP contribution < -0.4 is 5.32 Å². The molecule has 164 valence electrons. The Hall–Kier alpha value is -2.70. The molecule has 0 aromatic carbocycles. The molecule has 1 fully saturated rings. The zero-order valence-corrected chi connectivity index (χ0v) is 19.5. The summed E-state index contributed by atoms with van der Waals surface area (Å²) in [5.41, 5.74) is 2.72. The standard InChI is InChI=1S/C23H24N6OS2/c1-14(21(30)26-22-18(12-24)17-7-3-2-4-8-19(17)32-22)31-23-28-27-20(29(23)16-9-10-16)15-6-5-11-25-13-15/h5-6,11,13-14,16H,2-4,7-10H2,1H3,(H,26,30)/t14-/m1/s1. The maximum Gasteiger partial charge on any atom is 0.238 e. The molecular formula is C23H24N6OS2. The Bertz CT molecular complexity index is 1180. The molecule has 0 aliphatic heterocycles. The molecule has 0 unspecified atom stereocenters. The Balaban J connectivity index is 1.34. The van der Waals surface area contributed by atoms with E-state index < -0.39 is 0 Å². The van der Waals surface area contributed by atoms with Gasteiger partial charge >= 0.3 is 0 Å². The van der Waals surface area contributed by atoms with Crippen LogP contribution in [0.3, 0.4) is 0 Å². The van der Waals surface area contributed by atoms with Crippen molar-refractivity contribution < 1.29 is 4.79 Å². The van der Waals surface area contributed by atoms with Gasteiger partial charge in [0.25, 0.3) is 0 Å². The Morgan fingerprint density at radius 2 is 2.16 bits per heavy atom. The molecule has 1 amide bonds. The summed E-state index contributed by atoms with van der Waals surface area (Å²) >= 11 is 2.98. The van der Waals surface area contributed by atoms with Gasteiger partial charge in [0.2, 0.25) is 5.91 Å². The molecule has 3 aromatic heterocycles. The molecular weight excluding hydrogens is 440 g/mol. The first-order valence-corrected chi connectivity index (χ1v) is 12.7. The minimum Gasteiger partial charge on any atom is -0.316 e. The Labute approximate surface area is 195 Å². The molecule has 7 nitrogen and oxygen atoms in total.